The summed E-state index contributed by atoms with van der Waals surface area (Å²) in [6, 6.07) is 11.3. The van der Waals surface area contributed by atoms with Crippen molar-refractivity contribution in [3.8, 4) is 0 Å². The summed E-state index contributed by atoms with van der Waals surface area (Å²) in [6.45, 7) is 20.0. The molecule has 0 spiro atoms. The van der Waals surface area contributed by atoms with Crippen LogP contribution in [0, 0.1) is 0 Å². The van der Waals surface area contributed by atoms with Crippen LogP contribution in [0.5, 0.6) is 0 Å². The highest BCUT2D eigenvalue weighted by Gasteiger charge is 2.52. The number of aromatic nitrogens is 4. The number of para-hydroxylation sites is 1. The molecule has 50 heavy (non-hydrogen) atoms. The van der Waals surface area contributed by atoms with Gasteiger partial charge >= 0.3 is 5.97 Å². The molecule has 8 bridgehead atoms. The van der Waals surface area contributed by atoms with Crippen LogP contribution in [-0.4, -0.2) is 32.5 Å². The number of esters is 1. The number of ether oxygens (including phenoxy) is 1. The van der Waals surface area contributed by atoms with E-state index in [1.165, 1.54) is 27.8 Å². The van der Waals surface area contributed by atoms with E-state index in [0.29, 0.717) is 18.6 Å². The molecule has 6 nitrogen and oxygen atoms in total. The van der Waals surface area contributed by atoms with Crippen LogP contribution in [0.3, 0.4) is 0 Å². The molecule has 0 amide bonds. The van der Waals surface area contributed by atoms with Gasteiger partial charge in [-0.05, 0) is 110 Å². The molecule has 0 saturated carbocycles. The quantitative estimate of drug-likeness (QED) is 0.174. The normalized spacial score (nSPS) is 18.4. The molecule has 5 heterocycles. The van der Waals surface area contributed by atoms with Crippen LogP contribution < -0.4 is 0 Å². The van der Waals surface area contributed by atoms with E-state index in [1.54, 1.807) is 0 Å². The molecule has 1 atom stereocenters. The van der Waals surface area contributed by atoms with Gasteiger partial charge in [-0.25, -0.2) is 4.79 Å². The average molecular weight is 669 g/mol. The molecule has 7 rings (SSSR count). The Morgan fingerprint density at radius 3 is 2.06 bits per heavy atom. The van der Waals surface area contributed by atoms with Gasteiger partial charge in [-0.3, -0.25) is 9.97 Å². The van der Waals surface area contributed by atoms with Crippen molar-refractivity contribution >= 4 is 50.6 Å². The number of hydrogen-bond acceptors (Lipinski definition) is 4. The van der Waals surface area contributed by atoms with E-state index in [1.807, 2.05) is 6.92 Å². The highest BCUT2D eigenvalue weighted by atomic mass is 16.5. The summed E-state index contributed by atoms with van der Waals surface area (Å²) in [5.41, 5.74) is 16.8. The van der Waals surface area contributed by atoms with E-state index in [-0.39, 0.29) is 11.4 Å². The fourth-order valence-corrected chi connectivity index (χ4v) is 9.75. The first kappa shape index (κ1) is 34.0. The third kappa shape index (κ3) is 4.42. The summed E-state index contributed by atoms with van der Waals surface area (Å²) < 4.78 is 5.78. The predicted octanol–water partition coefficient (Wildman–Crippen LogP) is 10.5. The SMILES string of the molecule is C/C=C1/c2cc3[nH]c(cc4nc5c(cccc5c5[nH]c(c6c(n2)C1(CC)C(C(=O)OCC)=C6)c(CC)c5CC)C4(CC)CC)c(CC)c3CC. The molecule has 1 unspecified atom stereocenters. The number of aromatic amines is 2. The molecular weight excluding hydrogens is 617 g/mol. The molecule has 3 aliphatic rings. The Hall–Kier alpha value is -4.45. The number of carbonyl (C=O) groups is 1. The van der Waals surface area contributed by atoms with Gasteiger partial charge in [0, 0.05) is 27.4 Å². The van der Waals surface area contributed by atoms with Crippen molar-refractivity contribution in [3.63, 3.8) is 0 Å². The van der Waals surface area contributed by atoms with Crippen LogP contribution in [0.2, 0.25) is 0 Å². The summed E-state index contributed by atoms with van der Waals surface area (Å²) in [5, 5.41) is 1.14. The van der Waals surface area contributed by atoms with Crippen LogP contribution in [0.4, 0.5) is 0 Å². The van der Waals surface area contributed by atoms with Gasteiger partial charge in [0.2, 0.25) is 0 Å². The molecule has 0 radical (unpaired) electrons. The minimum Gasteiger partial charge on any atom is -0.463 e. The van der Waals surface area contributed by atoms with Crippen LogP contribution in [0.15, 0.2) is 42.0 Å². The van der Waals surface area contributed by atoms with Gasteiger partial charge in [0.25, 0.3) is 0 Å². The summed E-state index contributed by atoms with van der Waals surface area (Å²) in [5.74, 6) is -0.273. The van der Waals surface area contributed by atoms with Crippen molar-refractivity contribution in [1.82, 2.24) is 19.9 Å². The zero-order valence-corrected chi connectivity index (χ0v) is 31.4. The van der Waals surface area contributed by atoms with Crippen molar-refractivity contribution in [3.05, 3.63) is 92.4 Å². The van der Waals surface area contributed by atoms with E-state index < -0.39 is 5.41 Å². The minimum atomic E-state index is -0.699. The van der Waals surface area contributed by atoms with E-state index in [4.69, 9.17) is 14.7 Å². The van der Waals surface area contributed by atoms with Crippen molar-refractivity contribution in [2.24, 2.45) is 0 Å². The van der Waals surface area contributed by atoms with Gasteiger partial charge in [-0.1, -0.05) is 72.7 Å². The van der Waals surface area contributed by atoms with E-state index >= 15 is 0 Å². The molecule has 0 fully saturated rings. The molecule has 1 aromatic carbocycles. The molecule has 2 aliphatic heterocycles. The smallest absolute Gasteiger partial charge is 0.335 e. The van der Waals surface area contributed by atoms with Gasteiger partial charge in [0.15, 0.2) is 0 Å². The zero-order valence-electron chi connectivity index (χ0n) is 31.4. The lowest BCUT2D eigenvalue weighted by Gasteiger charge is -2.28. The Labute approximate surface area is 296 Å². The van der Waals surface area contributed by atoms with Crippen molar-refractivity contribution in [2.45, 2.75) is 118 Å². The number of aryl methyl sites for hydroxylation is 4. The van der Waals surface area contributed by atoms with Gasteiger partial charge in [0.1, 0.15) is 0 Å². The Morgan fingerprint density at radius 1 is 0.800 bits per heavy atom. The topological polar surface area (TPSA) is 83.7 Å². The second kappa shape index (κ2) is 12.7. The van der Waals surface area contributed by atoms with E-state index in [0.717, 1.165) is 99.7 Å². The Morgan fingerprint density at radius 2 is 1.46 bits per heavy atom. The monoisotopic (exact) mass is 668 g/mol. The lowest BCUT2D eigenvalue weighted by atomic mass is 9.72. The first-order chi connectivity index (χ1) is 24.3. The minimum absolute atomic E-state index is 0.184. The Kier molecular flexibility index (Phi) is 8.64. The maximum absolute atomic E-state index is 14.0. The number of benzene rings is 1. The molecule has 6 heteroatoms. The highest BCUT2D eigenvalue weighted by Crippen LogP contribution is 2.56. The fraction of sp³-hybridized carbons (Fsp3) is 0.432. The second-order valence-corrected chi connectivity index (χ2v) is 13.9. The lowest BCUT2D eigenvalue weighted by molar-refractivity contribution is -0.139. The molecule has 2 N–H and O–H groups in total. The average Bonchev–Trinajstić information content (AvgIpc) is 3.90. The van der Waals surface area contributed by atoms with E-state index in [9.17, 15) is 4.79 Å². The number of nitrogens with one attached hydrogen (secondary N) is 2. The number of carbonyl (C=O) groups excluding carboxylic acids is 1. The summed E-state index contributed by atoms with van der Waals surface area (Å²) in [7, 11) is 0. The van der Waals surface area contributed by atoms with Crippen LogP contribution in [0.25, 0.3) is 44.6 Å². The third-order valence-corrected chi connectivity index (χ3v) is 12.2. The molecule has 4 aromatic rings. The zero-order chi connectivity index (χ0) is 35.5. The third-order valence-electron chi connectivity index (χ3n) is 12.2. The standard InChI is InChI=1S/C44H52N4O2/c1-10-25-26(11-2)35-24-37-43(15-6,16-7)32-21-19-20-29(40(32)47-37)38-27(12-3)28(13-4)39(48-38)30-22-33(42(49)50-18-9)44(17-8)31(14-5)36(46-41(30)44)23-34(25)45-35/h14,19-24,45,48H,10-13,15-18H2,1-9H3/b31-14-,34-23?,35-24?,36-23?,37-24?,38-29?,39-30?. The maximum atomic E-state index is 14.0. The number of hydrogen-bond donors (Lipinski definition) is 2. The number of nitrogens with zero attached hydrogens (tertiary/aromatic N) is 2. The Balaban J connectivity index is 1.79. The predicted molar refractivity (Wildman–Crippen MR) is 208 cm³/mol. The molecular formula is C44H52N4O2. The lowest BCUT2D eigenvalue weighted by Crippen LogP contribution is -2.29. The van der Waals surface area contributed by atoms with Gasteiger partial charge in [0.05, 0.1) is 51.2 Å². The largest absolute Gasteiger partial charge is 0.463 e. The van der Waals surface area contributed by atoms with Crippen molar-refractivity contribution < 1.29 is 9.53 Å². The summed E-state index contributed by atoms with van der Waals surface area (Å²) >= 11 is 0. The first-order valence-corrected chi connectivity index (χ1v) is 19.1. The summed E-state index contributed by atoms with van der Waals surface area (Å²) in [4.78, 5) is 32.9. The molecule has 260 valence electrons. The molecule has 0 saturated heterocycles. The number of allylic oxidation sites excluding steroid dienone is 2. The number of rotatable bonds is 9. The maximum Gasteiger partial charge on any atom is 0.335 e. The van der Waals surface area contributed by atoms with Crippen LogP contribution >= 0.6 is 0 Å². The number of H-pyrrole nitrogens is 2. The fourth-order valence-electron chi connectivity index (χ4n) is 9.75. The van der Waals surface area contributed by atoms with Gasteiger partial charge < -0.3 is 14.7 Å². The van der Waals surface area contributed by atoms with Crippen LogP contribution in [0.1, 0.15) is 132 Å². The van der Waals surface area contributed by atoms with Gasteiger partial charge in [-0.15, -0.1) is 0 Å². The molecule has 3 aromatic heterocycles. The first-order valence-electron chi connectivity index (χ1n) is 19.1. The van der Waals surface area contributed by atoms with Crippen molar-refractivity contribution in [1.29, 1.82) is 0 Å². The van der Waals surface area contributed by atoms with Crippen LogP contribution in [-0.2, 0) is 46.0 Å². The van der Waals surface area contributed by atoms with Gasteiger partial charge in [-0.2, -0.15) is 0 Å². The highest BCUT2D eigenvalue weighted by molar-refractivity contribution is 6.08. The van der Waals surface area contributed by atoms with E-state index in [2.05, 4.69) is 108 Å². The second-order valence-electron chi connectivity index (χ2n) is 13.9. The summed E-state index contributed by atoms with van der Waals surface area (Å²) in [6.07, 6.45) is 10.4. The Bertz CT molecular complexity index is 2280. The van der Waals surface area contributed by atoms with Crippen molar-refractivity contribution in [2.75, 3.05) is 6.61 Å². The molecule has 1 aliphatic carbocycles. The number of fused-ring (bicyclic) bond motifs is 8.